The molecule has 6 nitrogen and oxygen atoms in total. The maximum atomic E-state index is 12.1. The van der Waals surface area contributed by atoms with Gasteiger partial charge in [0.25, 0.3) is 5.91 Å². The van der Waals surface area contributed by atoms with E-state index in [0.29, 0.717) is 5.69 Å². The summed E-state index contributed by atoms with van der Waals surface area (Å²) in [4.78, 5) is 37.0. The minimum absolute atomic E-state index is 0.0112. The van der Waals surface area contributed by atoms with Crippen molar-refractivity contribution in [3.05, 3.63) is 27.3 Å². The van der Waals surface area contributed by atoms with Crippen LogP contribution in [0.3, 0.4) is 0 Å². The smallest absolute Gasteiger partial charge is 0.325 e. The minimum Gasteiger partial charge on any atom is -0.326 e. The zero-order chi connectivity index (χ0) is 16.4. The molecule has 2 rings (SSSR count). The number of hydrogen-bond acceptors (Lipinski definition) is 3. The highest BCUT2D eigenvalue weighted by Gasteiger charge is 2.40. The Labute approximate surface area is 142 Å². The summed E-state index contributed by atoms with van der Waals surface area (Å²) in [5, 5.41) is 5.33. The molecule has 1 atom stereocenters. The molecule has 0 unspecified atom stereocenters. The third-order valence-corrected chi connectivity index (χ3v) is 4.16. The van der Waals surface area contributed by atoms with E-state index in [2.05, 4.69) is 33.2 Å². The number of hydrogen-bond donors (Lipinski definition) is 2. The third-order valence-electron chi connectivity index (χ3n) is 3.49. The fourth-order valence-electron chi connectivity index (χ4n) is 2.24. The molecule has 2 N–H and O–H groups in total. The van der Waals surface area contributed by atoms with Crippen LogP contribution in [-0.2, 0) is 9.59 Å². The second-order valence-corrected chi connectivity index (χ2v) is 6.85. The van der Waals surface area contributed by atoms with Gasteiger partial charge < -0.3 is 10.6 Å². The molecular formula is C15H18IN3O3. The van der Waals surface area contributed by atoms with Gasteiger partial charge in [-0.3, -0.25) is 14.5 Å². The van der Waals surface area contributed by atoms with Crippen LogP contribution in [0.25, 0.3) is 0 Å². The summed E-state index contributed by atoms with van der Waals surface area (Å²) >= 11 is 2.19. The summed E-state index contributed by atoms with van der Waals surface area (Å²) in [7, 11) is 0. The Morgan fingerprint density at radius 3 is 2.64 bits per heavy atom. The van der Waals surface area contributed by atoms with Crippen molar-refractivity contribution in [2.24, 2.45) is 5.92 Å². The van der Waals surface area contributed by atoms with Gasteiger partial charge in [0.1, 0.15) is 12.6 Å². The highest BCUT2D eigenvalue weighted by molar-refractivity contribution is 14.1. The van der Waals surface area contributed by atoms with Crippen molar-refractivity contribution in [2.75, 3.05) is 11.9 Å². The monoisotopic (exact) mass is 415 g/mol. The Hall–Kier alpha value is -1.64. The Bertz CT molecular complexity index is 630. The average Bonchev–Trinajstić information content (AvgIpc) is 2.70. The molecule has 4 amide bonds. The molecule has 1 saturated heterocycles. The first-order chi connectivity index (χ1) is 10.3. The lowest BCUT2D eigenvalue weighted by atomic mass is 10.1. The van der Waals surface area contributed by atoms with Gasteiger partial charge in [-0.25, -0.2) is 4.79 Å². The predicted octanol–water partition coefficient (Wildman–Crippen LogP) is 2.11. The van der Waals surface area contributed by atoms with Gasteiger partial charge in [-0.15, -0.1) is 0 Å². The lowest BCUT2D eigenvalue weighted by Gasteiger charge is -2.15. The Balaban J connectivity index is 2.03. The second kappa shape index (κ2) is 6.64. The van der Waals surface area contributed by atoms with Crippen molar-refractivity contribution in [1.29, 1.82) is 0 Å². The summed E-state index contributed by atoms with van der Waals surface area (Å²) in [5.74, 6) is -0.755. The normalized spacial score (nSPS) is 17.9. The van der Waals surface area contributed by atoms with Crippen LogP contribution in [0.1, 0.15) is 19.4 Å². The molecule has 118 valence electrons. The quantitative estimate of drug-likeness (QED) is 0.584. The number of carbonyl (C=O) groups excluding carboxylic acids is 3. The topological polar surface area (TPSA) is 78.5 Å². The number of nitrogens with one attached hydrogen (secondary N) is 2. The van der Waals surface area contributed by atoms with Gasteiger partial charge in [-0.05, 0) is 59.2 Å². The van der Waals surface area contributed by atoms with Crippen molar-refractivity contribution < 1.29 is 14.4 Å². The highest BCUT2D eigenvalue weighted by atomic mass is 127. The van der Waals surface area contributed by atoms with Crippen LogP contribution >= 0.6 is 22.6 Å². The molecule has 7 heteroatoms. The fraction of sp³-hybridized carbons (Fsp3) is 0.400. The van der Waals surface area contributed by atoms with E-state index in [0.717, 1.165) is 14.0 Å². The van der Waals surface area contributed by atoms with Crippen molar-refractivity contribution >= 4 is 46.1 Å². The molecule has 0 aromatic heterocycles. The molecule has 22 heavy (non-hydrogen) atoms. The number of aryl methyl sites for hydroxylation is 1. The van der Waals surface area contributed by atoms with Crippen LogP contribution in [0.15, 0.2) is 18.2 Å². The number of carbonyl (C=O) groups is 3. The van der Waals surface area contributed by atoms with Crippen LogP contribution < -0.4 is 10.6 Å². The van der Waals surface area contributed by atoms with Gasteiger partial charge in [0, 0.05) is 9.26 Å². The van der Waals surface area contributed by atoms with Gasteiger partial charge in [-0.1, -0.05) is 13.8 Å². The zero-order valence-electron chi connectivity index (χ0n) is 12.6. The van der Waals surface area contributed by atoms with Gasteiger partial charge in [0.05, 0.1) is 0 Å². The molecule has 1 aromatic carbocycles. The predicted molar refractivity (Wildman–Crippen MR) is 91.4 cm³/mol. The van der Waals surface area contributed by atoms with Crippen molar-refractivity contribution in [1.82, 2.24) is 10.2 Å². The lowest BCUT2D eigenvalue weighted by Crippen LogP contribution is -2.39. The molecule has 0 bridgehead atoms. The van der Waals surface area contributed by atoms with Gasteiger partial charge in [0.15, 0.2) is 0 Å². The summed E-state index contributed by atoms with van der Waals surface area (Å²) in [6.45, 7) is 5.31. The molecule has 1 aliphatic heterocycles. The number of rotatable bonds is 4. The molecule has 0 spiro atoms. The number of anilines is 1. The Morgan fingerprint density at radius 2 is 2.09 bits per heavy atom. The largest absolute Gasteiger partial charge is 0.326 e. The molecule has 1 heterocycles. The van der Waals surface area contributed by atoms with Crippen LogP contribution in [0.4, 0.5) is 10.5 Å². The zero-order valence-corrected chi connectivity index (χ0v) is 14.8. The molecule has 1 aliphatic rings. The maximum absolute atomic E-state index is 12.1. The molecule has 0 radical (unpaired) electrons. The molecule has 1 fully saturated rings. The second-order valence-electron chi connectivity index (χ2n) is 5.60. The van der Waals surface area contributed by atoms with Crippen LogP contribution in [0, 0.1) is 16.4 Å². The van der Waals surface area contributed by atoms with Gasteiger partial charge in [-0.2, -0.15) is 0 Å². The SMILES string of the molecule is Cc1cc(I)ccc1NC(=O)CN1C(=O)N[C@@H](C(C)C)C1=O. The summed E-state index contributed by atoms with van der Waals surface area (Å²) < 4.78 is 1.07. The number of halogens is 1. The molecular weight excluding hydrogens is 397 g/mol. The van der Waals surface area contributed by atoms with Crippen LogP contribution in [0.2, 0.25) is 0 Å². The summed E-state index contributed by atoms with van der Waals surface area (Å²) in [6.07, 6.45) is 0. The van der Waals surface area contributed by atoms with E-state index < -0.39 is 18.0 Å². The van der Waals surface area contributed by atoms with E-state index in [4.69, 9.17) is 0 Å². The molecule has 0 aliphatic carbocycles. The van der Waals surface area contributed by atoms with E-state index >= 15 is 0 Å². The summed E-state index contributed by atoms with van der Waals surface area (Å²) in [6, 6.07) is 4.56. The minimum atomic E-state index is -0.555. The van der Waals surface area contributed by atoms with E-state index in [9.17, 15) is 14.4 Å². The Kier molecular flexibility index (Phi) is 5.05. The number of imide groups is 1. The summed E-state index contributed by atoms with van der Waals surface area (Å²) in [5.41, 5.74) is 1.61. The highest BCUT2D eigenvalue weighted by Crippen LogP contribution is 2.18. The van der Waals surface area contributed by atoms with Gasteiger partial charge >= 0.3 is 6.03 Å². The lowest BCUT2D eigenvalue weighted by molar-refractivity contribution is -0.131. The fourth-order valence-corrected chi connectivity index (χ4v) is 2.89. The average molecular weight is 415 g/mol. The molecule has 0 saturated carbocycles. The number of amides is 4. The Morgan fingerprint density at radius 1 is 1.41 bits per heavy atom. The van der Waals surface area contributed by atoms with E-state index in [1.54, 1.807) is 6.07 Å². The molecule has 1 aromatic rings. The van der Waals surface area contributed by atoms with Crippen LogP contribution in [0.5, 0.6) is 0 Å². The van der Waals surface area contributed by atoms with Gasteiger partial charge in [0.2, 0.25) is 5.91 Å². The first kappa shape index (κ1) is 16.7. The van der Waals surface area contributed by atoms with Crippen LogP contribution in [-0.4, -0.2) is 35.3 Å². The first-order valence-electron chi connectivity index (χ1n) is 6.97. The standard InChI is InChI=1S/C15H18IN3O3/c1-8(2)13-14(21)19(15(22)18-13)7-12(20)17-11-5-4-10(16)6-9(11)3/h4-6,8,13H,7H2,1-3H3,(H,17,20)(H,18,22)/t13-/m0/s1. The number of urea groups is 1. The van der Waals surface area contributed by atoms with Crippen molar-refractivity contribution in [2.45, 2.75) is 26.8 Å². The van der Waals surface area contributed by atoms with Crippen molar-refractivity contribution in [3.8, 4) is 0 Å². The third kappa shape index (κ3) is 3.57. The number of benzene rings is 1. The number of nitrogens with zero attached hydrogens (tertiary/aromatic N) is 1. The van der Waals surface area contributed by atoms with Crippen molar-refractivity contribution in [3.63, 3.8) is 0 Å². The van der Waals surface area contributed by atoms with E-state index in [1.165, 1.54) is 0 Å². The van der Waals surface area contributed by atoms with E-state index in [1.807, 2.05) is 32.9 Å². The first-order valence-corrected chi connectivity index (χ1v) is 8.05. The maximum Gasteiger partial charge on any atom is 0.325 e. The van der Waals surface area contributed by atoms with E-state index in [-0.39, 0.29) is 18.4 Å².